The summed E-state index contributed by atoms with van der Waals surface area (Å²) in [5, 5.41) is 3.10. The van der Waals surface area contributed by atoms with E-state index in [1.165, 1.54) is 15.3 Å². The lowest BCUT2D eigenvalue weighted by atomic mass is 9.98. The van der Waals surface area contributed by atoms with Gasteiger partial charge in [-0.25, -0.2) is 0 Å². The van der Waals surface area contributed by atoms with Crippen molar-refractivity contribution in [2.45, 2.75) is 44.2 Å². The van der Waals surface area contributed by atoms with Gasteiger partial charge in [-0.2, -0.15) is 26.3 Å². The number of rotatable bonds is 7. The van der Waals surface area contributed by atoms with Crippen molar-refractivity contribution in [1.29, 1.82) is 0 Å². The van der Waals surface area contributed by atoms with E-state index >= 15 is 0 Å². The fraction of sp³-hybridized carbons (Fsp3) is 0.406. The van der Waals surface area contributed by atoms with Gasteiger partial charge in [0.15, 0.2) is 0 Å². The molecule has 1 saturated heterocycles. The van der Waals surface area contributed by atoms with Crippen molar-refractivity contribution in [2.75, 3.05) is 39.3 Å². The van der Waals surface area contributed by atoms with Crippen LogP contribution in [0.3, 0.4) is 0 Å². The van der Waals surface area contributed by atoms with Crippen LogP contribution in [0.15, 0.2) is 60.1 Å². The second-order valence-corrected chi connectivity index (χ2v) is 12.6. The zero-order chi connectivity index (χ0) is 31.1. The number of aromatic amines is 1. The summed E-state index contributed by atoms with van der Waals surface area (Å²) in [5.74, 6) is -0.828. The third-order valence-corrected chi connectivity index (χ3v) is 9.65. The van der Waals surface area contributed by atoms with Crippen molar-refractivity contribution in [1.82, 2.24) is 19.7 Å². The largest absolute Gasteiger partial charge is 0.416 e. The van der Waals surface area contributed by atoms with Crippen LogP contribution in [0.4, 0.5) is 26.3 Å². The second kappa shape index (κ2) is 12.2. The van der Waals surface area contributed by atoms with E-state index in [0.29, 0.717) is 31.6 Å². The van der Waals surface area contributed by atoms with E-state index in [4.69, 9.17) is 0 Å². The zero-order valence-corrected chi connectivity index (χ0v) is 24.7. The van der Waals surface area contributed by atoms with E-state index in [1.54, 1.807) is 11.3 Å². The topological polar surface area (TPSA) is 42.6 Å². The third kappa shape index (κ3) is 6.67. The Labute approximate surface area is 255 Å². The second-order valence-electron chi connectivity index (χ2n) is 11.6. The van der Waals surface area contributed by atoms with Crippen LogP contribution < -0.4 is 0 Å². The molecule has 12 heteroatoms. The van der Waals surface area contributed by atoms with Crippen molar-refractivity contribution in [3.63, 3.8) is 0 Å². The first-order chi connectivity index (χ1) is 21.0. The molecule has 0 radical (unpaired) electrons. The number of para-hydroxylation sites is 1. The molecule has 1 N–H and O–H groups in total. The van der Waals surface area contributed by atoms with E-state index in [1.807, 2.05) is 30.5 Å². The fourth-order valence-corrected chi connectivity index (χ4v) is 7.27. The first-order valence-electron chi connectivity index (χ1n) is 14.6. The van der Waals surface area contributed by atoms with Gasteiger partial charge in [-0.3, -0.25) is 14.6 Å². The number of carbonyl (C=O) groups excluding carboxylic acids is 1. The van der Waals surface area contributed by atoms with Crippen molar-refractivity contribution < 1.29 is 31.1 Å². The van der Waals surface area contributed by atoms with Crippen LogP contribution in [0, 0.1) is 0 Å². The summed E-state index contributed by atoms with van der Waals surface area (Å²) in [7, 11) is 0. The fourth-order valence-electron chi connectivity index (χ4n) is 6.38. The molecule has 6 rings (SSSR count). The van der Waals surface area contributed by atoms with Crippen LogP contribution in [0.2, 0.25) is 0 Å². The molecular weight excluding hydrogens is 602 g/mol. The number of amides is 1. The summed E-state index contributed by atoms with van der Waals surface area (Å²) in [6, 6.07) is 10.5. The monoisotopic (exact) mass is 634 g/mol. The highest BCUT2D eigenvalue weighted by molar-refractivity contribution is 7.10. The minimum atomic E-state index is -5.03. The number of fused-ring (bicyclic) bond motifs is 2. The number of carbonyl (C=O) groups is 1. The van der Waals surface area contributed by atoms with Gasteiger partial charge in [0.05, 0.1) is 11.1 Å². The molecule has 234 valence electrons. The Balaban J connectivity index is 1.21. The Morgan fingerprint density at radius 2 is 1.64 bits per heavy atom. The average Bonchev–Trinajstić information content (AvgIpc) is 3.63. The SMILES string of the molecule is O=C(c1cc(C(F)(F)F)cc(C(F)(F)F)c1)N1CCN(CCCN2CCc3sccc3C2)C[C@H]1Cc1c[nH]c2ccccc12. The van der Waals surface area contributed by atoms with E-state index in [-0.39, 0.29) is 12.6 Å². The average molecular weight is 635 g/mol. The van der Waals surface area contributed by atoms with Gasteiger partial charge in [0, 0.05) is 66.3 Å². The van der Waals surface area contributed by atoms with Crippen molar-refractivity contribution in [3.05, 3.63) is 92.8 Å². The molecule has 2 aromatic carbocycles. The molecule has 1 fully saturated rings. The quantitative estimate of drug-likeness (QED) is 0.221. The number of benzene rings is 2. The van der Waals surface area contributed by atoms with Crippen LogP contribution in [0.25, 0.3) is 10.9 Å². The first-order valence-corrected chi connectivity index (χ1v) is 15.5. The van der Waals surface area contributed by atoms with Crippen molar-refractivity contribution >= 4 is 28.1 Å². The van der Waals surface area contributed by atoms with Gasteiger partial charge in [-0.1, -0.05) is 18.2 Å². The van der Waals surface area contributed by atoms with E-state index < -0.39 is 41.0 Å². The van der Waals surface area contributed by atoms with Crippen molar-refractivity contribution in [3.8, 4) is 0 Å². The lowest BCUT2D eigenvalue weighted by Crippen LogP contribution is -2.56. The Morgan fingerprint density at radius 3 is 2.39 bits per heavy atom. The molecule has 2 aliphatic rings. The predicted octanol–water partition coefficient (Wildman–Crippen LogP) is 7.08. The number of thiophene rings is 1. The molecule has 1 amide bonds. The molecule has 0 aliphatic carbocycles. The molecule has 2 aliphatic heterocycles. The molecule has 44 heavy (non-hydrogen) atoms. The summed E-state index contributed by atoms with van der Waals surface area (Å²) in [6.07, 6.45) is -5.84. The van der Waals surface area contributed by atoms with Crippen LogP contribution >= 0.6 is 11.3 Å². The molecule has 2 aromatic heterocycles. The number of piperazine rings is 1. The van der Waals surface area contributed by atoms with E-state index in [0.717, 1.165) is 55.5 Å². The maximum atomic E-state index is 13.7. The highest BCUT2D eigenvalue weighted by Gasteiger charge is 2.39. The molecule has 4 aromatic rings. The number of halogens is 6. The Bertz CT molecular complexity index is 1590. The molecule has 5 nitrogen and oxygen atoms in total. The summed E-state index contributed by atoms with van der Waals surface area (Å²) in [6.45, 7) is 4.79. The summed E-state index contributed by atoms with van der Waals surface area (Å²) >= 11 is 1.80. The number of nitrogens with one attached hydrogen (secondary N) is 1. The van der Waals surface area contributed by atoms with Crippen LogP contribution in [-0.4, -0.2) is 70.9 Å². The normalized spacial score (nSPS) is 18.6. The Morgan fingerprint density at radius 1 is 0.909 bits per heavy atom. The van der Waals surface area contributed by atoms with Crippen LogP contribution in [-0.2, 0) is 31.7 Å². The van der Waals surface area contributed by atoms with Crippen LogP contribution in [0.5, 0.6) is 0 Å². The molecular formula is C32H32F6N4OS. The number of hydrogen-bond acceptors (Lipinski definition) is 4. The summed E-state index contributed by atoms with van der Waals surface area (Å²) in [5.41, 5.74) is -0.358. The minimum absolute atomic E-state index is 0.0552. The molecule has 1 atom stereocenters. The van der Waals surface area contributed by atoms with Gasteiger partial charge in [0.2, 0.25) is 0 Å². The Kier molecular flexibility index (Phi) is 8.51. The summed E-state index contributed by atoms with van der Waals surface area (Å²) in [4.78, 5) is 24.5. The summed E-state index contributed by atoms with van der Waals surface area (Å²) < 4.78 is 81.4. The number of hydrogen-bond donors (Lipinski definition) is 1. The number of aromatic nitrogens is 1. The zero-order valence-electron chi connectivity index (χ0n) is 23.8. The Hall–Kier alpha value is -3.35. The maximum Gasteiger partial charge on any atom is 0.416 e. The van der Waals surface area contributed by atoms with Gasteiger partial charge >= 0.3 is 12.4 Å². The van der Waals surface area contributed by atoms with Crippen molar-refractivity contribution in [2.24, 2.45) is 0 Å². The molecule has 4 heterocycles. The smallest absolute Gasteiger partial charge is 0.361 e. The minimum Gasteiger partial charge on any atom is -0.361 e. The molecule has 0 saturated carbocycles. The number of H-pyrrole nitrogens is 1. The highest BCUT2D eigenvalue weighted by Crippen LogP contribution is 2.37. The standard InChI is InChI=1S/C32H32F6N4OS/c33-31(34,35)24-14-22(15-25(17-24)32(36,37)38)30(43)42-12-11-41(9-3-8-40-10-6-29-21(19-40)7-13-44-29)20-26(42)16-23-18-39-28-5-2-1-4-27(23)28/h1-2,4-5,7,13-15,17-18,26,39H,3,6,8-12,16,19-20H2/t26-/m1/s1. The number of alkyl halides is 6. The number of nitrogens with zero attached hydrogens (tertiary/aromatic N) is 3. The maximum absolute atomic E-state index is 13.7. The molecule has 0 unspecified atom stereocenters. The first kappa shape index (κ1) is 30.7. The van der Waals surface area contributed by atoms with Gasteiger partial charge in [-0.15, -0.1) is 11.3 Å². The molecule has 0 bridgehead atoms. The predicted molar refractivity (Wildman–Crippen MR) is 158 cm³/mol. The lowest BCUT2D eigenvalue weighted by Gasteiger charge is -2.42. The lowest BCUT2D eigenvalue weighted by molar-refractivity contribution is -0.143. The van der Waals surface area contributed by atoms with E-state index in [2.05, 4.69) is 26.2 Å². The highest BCUT2D eigenvalue weighted by atomic mass is 32.1. The van der Waals surface area contributed by atoms with Gasteiger partial charge in [0.1, 0.15) is 0 Å². The van der Waals surface area contributed by atoms with Gasteiger partial charge in [-0.05, 0) is 79.2 Å². The van der Waals surface area contributed by atoms with Crippen LogP contribution in [0.1, 0.15) is 43.9 Å². The van der Waals surface area contributed by atoms with Gasteiger partial charge in [0.25, 0.3) is 5.91 Å². The van der Waals surface area contributed by atoms with Gasteiger partial charge < -0.3 is 9.88 Å². The van der Waals surface area contributed by atoms with E-state index in [9.17, 15) is 31.1 Å². The third-order valence-electron chi connectivity index (χ3n) is 8.63. The molecule has 0 spiro atoms.